The second kappa shape index (κ2) is 3.40. The maximum Gasteiger partial charge on any atom is 0.160 e. The lowest BCUT2D eigenvalue weighted by Crippen LogP contribution is -2.38. The van der Waals surface area contributed by atoms with Gasteiger partial charge in [-0.2, -0.15) is 5.10 Å². The van der Waals surface area contributed by atoms with Crippen molar-refractivity contribution in [3.63, 3.8) is 0 Å². The molecule has 2 N–H and O–H groups in total. The average Bonchev–Trinajstić information content (AvgIpc) is 2.81. The normalized spacial score (nSPS) is 23.5. The highest BCUT2D eigenvalue weighted by Crippen LogP contribution is 2.35. The number of fused-ring (bicyclic) bond motifs is 1. The highest BCUT2D eigenvalue weighted by molar-refractivity contribution is 5.86. The summed E-state index contributed by atoms with van der Waals surface area (Å²) in [5, 5.41) is 17.5. The zero-order chi connectivity index (χ0) is 12.0. The summed E-state index contributed by atoms with van der Waals surface area (Å²) in [6.45, 7) is 4.82. The van der Waals surface area contributed by atoms with Crippen LogP contribution < -0.4 is 4.90 Å². The van der Waals surface area contributed by atoms with Crippen LogP contribution in [0.4, 0.5) is 5.82 Å². The van der Waals surface area contributed by atoms with E-state index < -0.39 is 0 Å². The third kappa shape index (κ3) is 1.56. The summed E-state index contributed by atoms with van der Waals surface area (Å²) in [5.41, 5.74) is 0.630. The molecule has 3 rings (SSSR count). The number of aromatic amines is 1. The van der Waals surface area contributed by atoms with E-state index in [2.05, 4.69) is 38.9 Å². The van der Waals surface area contributed by atoms with E-state index in [4.69, 9.17) is 0 Å². The number of β-amino-alcohol motifs (C(OH)–C–C–N with tert-alkyl or cyclic N) is 1. The molecule has 0 amide bonds. The minimum absolute atomic E-state index is 0.0992. The first kappa shape index (κ1) is 10.5. The molecule has 0 aliphatic carbocycles. The summed E-state index contributed by atoms with van der Waals surface area (Å²) in [6.07, 6.45) is 3.69. The summed E-state index contributed by atoms with van der Waals surface area (Å²) in [5.74, 6) is 0.838. The quantitative estimate of drug-likeness (QED) is 0.758. The standard InChI is InChI=1S/C11H15N5O/c1-11(2)3-7(17)5-16(11)10-8-4-14-15-9(8)12-6-13-10/h4,6-7,17H,3,5H2,1-2H3,(H,12,13,14,15). The Bertz CT molecular complexity index is 550. The molecule has 1 unspecified atom stereocenters. The van der Waals surface area contributed by atoms with Gasteiger partial charge >= 0.3 is 0 Å². The SMILES string of the molecule is CC1(C)CC(O)CN1c1ncnc2[nH]ncc12. The topological polar surface area (TPSA) is 77.9 Å². The molecule has 0 radical (unpaired) electrons. The number of aliphatic hydroxyl groups is 1. The van der Waals surface area contributed by atoms with Gasteiger partial charge in [0.05, 0.1) is 17.7 Å². The minimum Gasteiger partial charge on any atom is -0.391 e. The fourth-order valence-electron chi connectivity index (χ4n) is 2.55. The van der Waals surface area contributed by atoms with Crippen LogP contribution in [0.2, 0.25) is 0 Å². The van der Waals surface area contributed by atoms with Crippen LogP contribution in [-0.4, -0.2) is 43.5 Å². The number of rotatable bonds is 1. The van der Waals surface area contributed by atoms with E-state index >= 15 is 0 Å². The Morgan fingerprint density at radius 1 is 1.47 bits per heavy atom. The second-order valence-corrected chi connectivity index (χ2v) is 5.11. The molecule has 0 bridgehead atoms. The molecule has 6 heteroatoms. The van der Waals surface area contributed by atoms with E-state index in [0.717, 1.165) is 23.3 Å². The van der Waals surface area contributed by atoms with Crippen molar-refractivity contribution >= 4 is 16.9 Å². The van der Waals surface area contributed by atoms with Gasteiger partial charge in [0.1, 0.15) is 12.1 Å². The largest absolute Gasteiger partial charge is 0.391 e. The molecule has 2 aromatic rings. The highest BCUT2D eigenvalue weighted by Gasteiger charge is 2.39. The fraction of sp³-hybridized carbons (Fsp3) is 0.545. The molecule has 0 saturated carbocycles. The molecule has 6 nitrogen and oxygen atoms in total. The monoisotopic (exact) mass is 233 g/mol. The summed E-state index contributed by atoms with van der Waals surface area (Å²) in [4.78, 5) is 10.6. The number of H-pyrrole nitrogens is 1. The van der Waals surface area contributed by atoms with E-state index in [1.807, 2.05) is 0 Å². The molecular weight excluding hydrogens is 218 g/mol. The van der Waals surface area contributed by atoms with Gasteiger partial charge in [-0.25, -0.2) is 9.97 Å². The maximum atomic E-state index is 9.81. The van der Waals surface area contributed by atoms with Crippen LogP contribution in [0.25, 0.3) is 11.0 Å². The number of anilines is 1. The molecule has 90 valence electrons. The Kier molecular flexibility index (Phi) is 2.09. The molecule has 3 heterocycles. The van der Waals surface area contributed by atoms with Gasteiger partial charge in [0.15, 0.2) is 5.65 Å². The molecule has 1 atom stereocenters. The predicted molar refractivity (Wildman–Crippen MR) is 63.7 cm³/mol. The first-order valence-corrected chi connectivity index (χ1v) is 5.68. The van der Waals surface area contributed by atoms with Gasteiger partial charge < -0.3 is 10.0 Å². The van der Waals surface area contributed by atoms with Crippen molar-refractivity contribution in [2.75, 3.05) is 11.4 Å². The lowest BCUT2D eigenvalue weighted by molar-refractivity contribution is 0.188. The lowest BCUT2D eigenvalue weighted by Gasteiger charge is -2.32. The van der Waals surface area contributed by atoms with Crippen molar-refractivity contribution in [3.8, 4) is 0 Å². The number of aromatic nitrogens is 4. The minimum atomic E-state index is -0.304. The Hall–Kier alpha value is -1.69. The summed E-state index contributed by atoms with van der Waals surface area (Å²) in [6, 6.07) is 0. The van der Waals surface area contributed by atoms with Gasteiger partial charge in [-0.05, 0) is 20.3 Å². The Morgan fingerprint density at radius 3 is 3.00 bits per heavy atom. The molecule has 1 aliphatic heterocycles. The van der Waals surface area contributed by atoms with E-state index in [1.54, 1.807) is 6.20 Å². The maximum absolute atomic E-state index is 9.81. The van der Waals surface area contributed by atoms with Crippen LogP contribution in [-0.2, 0) is 0 Å². The number of aliphatic hydroxyl groups excluding tert-OH is 1. The van der Waals surface area contributed by atoms with Gasteiger partial charge in [0, 0.05) is 12.1 Å². The van der Waals surface area contributed by atoms with Crippen molar-refractivity contribution in [2.45, 2.75) is 31.9 Å². The predicted octanol–water partition coefficient (Wildman–Crippen LogP) is 0.702. The van der Waals surface area contributed by atoms with Crippen molar-refractivity contribution in [1.29, 1.82) is 0 Å². The lowest BCUT2D eigenvalue weighted by atomic mass is 10.0. The van der Waals surface area contributed by atoms with E-state index in [-0.39, 0.29) is 11.6 Å². The summed E-state index contributed by atoms with van der Waals surface area (Å²) in [7, 11) is 0. The van der Waals surface area contributed by atoms with Crippen LogP contribution >= 0.6 is 0 Å². The van der Waals surface area contributed by atoms with Crippen LogP contribution in [0.15, 0.2) is 12.5 Å². The van der Waals surface area contributed by atoms with Crippen molar-refractivity contribution < 1.29 is 5.11 Å². The molecule has 1 aliphatic rings. The first-order chi connectivity index (χ1) is 8.08. The van der Waals surface area contributed by atoms with Gasteiger partial charge in [0.2, 0.25) is 0 Å². The third-order valence-corrected chi connectivity index (χ3v) is 3.34. The van der Waals surface area contributed by atoms with Gasteiger partial charge in [-0.1, -0.05) is 0 Å². The molecule has 1 fully saturated rings. The number of hydrogen-bond donors (Lipinski definition) is 2. The van der Waals surface area contributed by atoms with Gasteiger partial charge in [-0.3, -0.25) is 5.10 Å². The van der Waals surface area contributed by atoms with Crippen LogP contribution in [0, 0.1) is 0 Å². The van der Waals surface area contributed by atoms with Crippen molar-refractivity contribution in [2.24, 2.45) is 0 Å². The summed E-state index contributed by atoms with van der Waals surface area (Å²) >= 11 is 0. The number of nitrogens with one attached hydrogen (secondary N) is 1. The Morgan fingerprint density at radius 2 is 2.29 bits per heavy atom. The van der Waals surface area contributed by atoms with Crippen LogP contribution in [0.3, 0.4) is 0 Å². The average molecular weight is 233 g/mol. The Balaban J connectivity index is 2.12. The number of hydrogen-bond acceptors (Lipinski definition) is 5. The molecule has 17 heavy (non-hydrogen) atoms. The van der Waals surface area contributed by atoms with Crippen molar-refractivity contribution in [1.82, 2.24) is 20.2 Å². The highest BCUT2D eigenvalue weighted by atomic mass is 16.3. The van der Waals surface area contributed by atoms with E-state index in [1.165, 1.54) is 6.33 Å². The fourth-order valence-corrected chi connectivity index (χ4v) is 2.55. The van der Waals surface area contributed by atoms with E-state index in [9.17, 15) is 5.11 Å². The molecule has 2 aromatic heterocycles. The second-order valence-electron chi connectivity index (χ2n) is 5.11. The third-order valence-electron chi connectivity index (χ3n) is 3.34. The summed E-state index contributed by atoms with van der Waals surface area (Å²) < 4.78 is 0. The van der Waals surface area contributed by atoms with Gasteiger partial charge in [-0.15, -0.1) is 0 Å². The molecular formula is C11H15N5O. The first-order valence-electron chi connectivity index (χ1n) is 5.68. The molecule has 0 aromatic carbocycles. The molecule has 1 saturated heterocycles. The molecule has 0 spiro atoms. The van der Waals surface area contributed by atoms with Crippen LogP contribution in [0.1, 0.15) is 20.3 Å². The Labute approximate surface area is 98.7 Å². The van der Waals surface area contributed by atoms with Crippen LogP contribution in [0.5, 0.6) is 0 Å². The zero-order valence-corrected chi connectivity index (χ0v) is 9.88. The van der Waals surface area contributed by atoms with E-state index in [0.29, 0.717) is 6.54 Å². The number of nitrogens with zero attached hydrogens (tertiary/aromatic N) is 4. The van der Waals surface area contributed by atoms with Crippen molar-refractivity contribution in [3.05, 3.63) is 12.5 Å². The van der Waals surface area contributed by atoms with Gasteiger partial charge in [0.25, 0.3) is 0 Å². The zero-order valence-electron chi connectivity index (χ0n) is 9.88. The smallest absolute Gasteiger partial charge is 0.160 e.